The summed E-state index contributed by atoms with van der Waals surface area (Å²) in [6, 6.07) is 12.5. The zero-order valence-corrected chi connectivity index (χ0v) is 13.6. The van der Waals surface area contributed by atoms with E-state index in [2.05, 4.69) is 5.32 Å². The molecule has 0 aliphatic rings. The molecule has 128 valence electrons. The molecule has 1 unspecified atom stereocenters. The van der Waals surface area contributed by atoms with E-state index < -0.39 is 0 Å². The van der Waals surface area contributed by atoms with Crippen LogP contribution in [0.4, 0.5) is 4.39 Å². The second-order valence-corrected chi connectivity index (χ2v) is 5.20. The second kappa shape index (κ2) is 8.76. The Bertz CT molecular complexity index is 643. The third-order valence-corrected chi connectivity index (χ3v) is 3.15. The van der Waals surface area contributed by atoms with E-state index in [-0.39, 0.29) is 24.4 Å². The molecule has 0 fully saturated rings. The van der Waals surface area contributed by atoms with E-state index in [0.29, 0.717) is 18.1 Å². The summed E-state index contributed by atoms with van der Waals surface area (Å²) < 4.78 is 28.7. The molecule has 0 saturated carbocycles. The van der Waals surface area contributed by atoms with Crippen molar-refractivity contribution in [1.82, 2.24) is 5.32 Å². The largest absolute Gasteiger partial charge is 0.497 e. The Morgan fingerprint density at radius 2 is 1.54 bits per heavy atom. The molecule has 2 aromatic rings. The van der Waals surface area contributed by atoms with Crippen LogP contribution in [-0.2, 0) is 4.79 Å². The summed E-state index contributed by atoms with van der Waals surface area (Å²) in [5, 5.41) is 2.77. The van der Waals surface area contributed by atoms with Gasteiger partial charge in [0.05, 0.1) is 13.2 Å². The Morgan fingerprint density at radius 3 is 2.17 bits per heavy atom. The Hall–Kier alpha value is -2.76. The standard InChI is InChI=1S/C18H20FNO4/c1-13(11-23-17-9-7-15(22-2)8-10-17)20-18(21)12-24-16-5-3-14(19)4-6-16/h3-10,13H,11-12H2,1-2H3,(H,20,21). The van der Waals surface area contributed by atoms with E-state index in [0.717, 1.165) is 5.75 Å². The topological polar surface area (TPSA) is 56.8 Å². The van der Waals surface area contributed by atoms with E-state index in [9.17, 15) is 9.18 Å². The van der Waals surface area contributed by atoms with Gasteiger partial charge in [-0.1, -0.05) is 0 Å². The van der Waals surface area contributed by atoms with Gasteiger partial charge in [-0.25, -0.2) is 4.39 Å². The van der Waals surface area contributed by atoms with Crippen LogP contribution in [0.1, 0.15) is 6.92 Å². The van der Waals surface area contributed by atoms with Crippen LogP contribution >= 0.6 is 0 Å². The van der Waals surface area contributed by atoms with E-state index >= 15 is 0 Å². The van der Waals surface area contributed by atoms with Crippen molar-refractivity contribution in [3.05, 3.63) is 54.3 Å². The summed E-state index contributed by atoms with van der Waals surface area (Å²) in [7, 11) is 1.60. The van der Waals surface area contributed by atoms with Gasteiger partial charge in [-0.3, -0.25) is 4.79 Å². The average molecular weight is 333 g/mol. The summed E-state index contributed by atoms with van der Waals surface area (Å²) in [6.45, 7) is 2.02. The molecule has 0 bridgehead atoms. The lowest BCUT2D eigenvalue weighted by Gasteiger charge is -2.15. The van der Waals surface area contributed by atoms with Crippen LogP contribution in [0.25, 0.3) is 0 Å². The first kappa shape index (κ1) is 17.6. The molecule has 0 radical (unpaired) electrons. The maximum absolute atomic E-state index is 12.8. The molecule has 0 aromatic heterocycles. The van der Waals surface area contributed by atoms with Gasteiger partial charge in [0, 0.05) is 0 Å². The second-order valence-electron chi connectivity index (χ2n) is 5.20. The van der Waals surface area contributed by atoms with E-state index in [1.54, 1.807) is 31.4 Å². The van der Waals surface area contributed by atoms with Crippen molar-refractivity contribution in [2.45, 2.75) is 13.0 Å². The van der Waals surface area contributed by atoms with Crippen molar-refractivity contribution in [3.8, 4) is 17.2 Å². The van der Waals surface area contributed by atoms with Gasteiger partial charge in [0.1, 0.15) is 29.7 Å². The molecule has 0 aliphatic carbocycles. The molecule has 0 saturated heterocycles. The van der Waals surface area contributed by atoms with Gasteiger partial charge in [-0.2, -0.15) is 0 Å². The Balaban J connectivity index is 1.69. The van der Waals surface area contributed by atoms with Gasteiger partial charge in [-0.05, 0) is 55.5 Å². The van der Waals surface area contributed by atoms with Crippen LogP contribution < -0.4 is 19.5 Å². The van der Waals surface area contributed by atoms with Gasteiger partial charge in [0.25, 0.3) is 5.91 Å². The highest BCUT2D eigenvalue weighted by Gasteiger charge is 2.09. The maximum Gasteiger partial charge on any atom is 0.258 e. The first-order chi connectivity index (χ1) is 11.6. The maximum atomic E-state index is 12.8. The van der Waals surface area contributed by atoms with Crippen molar-refractivity contribution < 1.29 is 23.4 Å². The third-order valence-electron chi connectivity index (χ3n) is 3.15. The van der Waals surface area contributed by atoms with Crippen molar-refractivity contribution in [1.29, 1.82) is 0 Å². The highest BCUT2D eigenvalue weighted by molar-refractivity contribution is 5.77. The Labute approximate surface area is 140 Å². The number of carbonyl (C=O) groups is 1. The number of ether oxygens (including phenoxy) is 3. The fraction of sp³-hybridized carbons (Fsp3) is 0.278. The summed E-state index contributed by atoms with van der Waals surface area (Å²) in [6.07, 6.45) is 0. The Morgan fingerprint density at radius 1 is 1.00 bits per heavy atom. The molecule has 1 atom stereocenters. The third kappa shape index (κ3) is 5.79. The number of benzene rings is 2. The quantitative estimate of drug-likeness (QED) is 0.807. The van der Waals surface area contributed by atoms with Crippen LogP contribution in [0, 0.1) is 5.82 Å². The molecule has 2 aromatic carbocycles. The van der Waals surface area contributed by atoms with Crippen LogP contribution in [0.5, 0.6) is 17.2 Å². The normalized spacial score (nSPS) is 11.5. The smallest absolute Gasteiger partial charge is 0.258 e. The van der Waals surface area contributed by atoms with Crippen molar-refractivity contribution in [3.63, 3.8) is 0 Å². The molecule has 0 spiro atoms. The molecule has 6 heteroatoms. The predicted molar refractivity (Wildman–Crippen MR) is 88.0 cm³/mol. The lowest BCUT2D eigenvalue weighted by molar-refractivity contribution is -0.123. The first-order valence-electron chi connectivity index (χ1n) is 7.51. The summed E-state index contributed by atoms with van der Waals surface area (Å²) in [5.41, 5.74) is 0. The molecule has 1 N–H and O–H groups in total. The summed E-state index contributed by atoms with van der Waals surface area (Å²) in [5.74, 6) is 1.26. The zero-order chi connectivity index (χ0) is 17.4. The number of hydrogen-bond donors (Lipinski definition) is 1. The monoisotopic (exact) mass is 333 g/mol. The van der Waals surface area contributed by atoms with Gasteiger partial charge >= 0.3 is 0 Å². The minimum Gasteiger partial charge on any atom is -0.497 e. The van der Waals surface area contributed by atoms with E-state index in [1.807, 2.05) is 6.92 Å². The van der Waals surface area contributed by atoms with Gasteiger partial charge in [0.15, 0.2) is 6.61 Å². The number of amides is 1. The number of hydrogen-bond acceptors (Lipinski definition) is 4. The Kier molecular flexibility index (Phi) is 6.42. The summed E-state index contributed by atoms with van der Waals surface area (Å²) in [4.78, 5) is 11.8. The first-order valence-corrected chi connectivity index (χ1v) is 7.51. The van der Waals surface area contributed by atoms with Gasteiger partial charge in [-0.15, -0.1) is 0 Å². The predicted octanol–water partition coefficient (Wildman–Crippen LogP) is 2.80. The van der Waals surface area contributed by atoms with E-state index in [1.165, 1.54) is 24.3 Å². The zero-order valence-electron chi connectivity index (χ0n) is 13.6. The van der Waals surface area contributed by atoms with Crippen LogP contribution in [0.2, 0.25) is 0 Å². The number of nitrogens with one attached hydrogen (secondary N) is 1. The van der Waals surface area contributed by atoms with E-state index in [4.69, 9.17) is 14.2 Å². The molecule has 24 heavy (non-hydrogen) atoms. The number of rotatable bonds is 8. The molecule has 5 nitrogen and oxygen atoms in total. The lowest BCUT2D eigenvalue weighted by Crippen LogP contribution is -2.39. The highest BCUT2D eigenvalue weighted by atomic mass is 19.1. The van der Waals surface area contributed by atoms with Gasteiger partial charge < -0.3 is 19.5 Å². The van der Waals surface area contributed by atoms with Crippen molar-refractivity contribution >= 4 is 5.91 Å². The molecule has 1 amide bonds. The molecular formula is C18H20FNO4. The number of methoxy groups -OCH3 is 1. The highest BCUT2D eigenvalue weighted by Crippen LogP contribution is 2.17. The van der Waals surface area contributed by atoms with Crippen LogP contribution in [-0.4, -0.2) is 32.3 Å². The molecular weight excluding hydrogens is 313 g/mol. The fourth-order valence-corrected chi connectivity index (χ4v) is 1.93. The van der Waals surface area contributed by atoms with Crippen molar-refractivity contribution in [2.24, 2.45) is 0 Å². The summed E-state index contributed by atoms with van der Waals surface area (Å²) >= 11 is 0. The fourth-order valence-electron chi connectivity index (χ4n) is 1.93. The molecule has 0 heterocycles. The molecule has 0 aliphatic heterocycles. The molecule has 2 rings (SSSR count). The minimum absolute atomic E-state index is 0.140. The van der Waals surface area contributed by atoms with Crippen LogP contribution in [0.15, 0.2) is 48.5 Å². The average Bonchev–Trinajstić information content (AvgIpc) is 2.60. The van der Waals surface area contributed by atoms with Crippen molar-refractivity contribution in [2.75, 3.05) is 20.3 Å². The lowest BCUT2D eigenvalue weighted by atomic mass is 10.3. The SMILES string of the molecule is COc1ccc(OCC(C)NC(=O)COc2ccc(F)cc2)cc1. The van der Waals surface area contributed by atoms with Crippen LogP contribution in [0.3, 0.4) is 0 Å². The minimum atomic E-state index is -0.351. The number of halogens is 1. The van der Waals surface area contributed by atoms with Gasteiger partial charge in [0.2, 0.25) is 0 Å². The number of carbonyl (C=O) groups excluding carboxylic acids is 1.